The second-order valence-corrected chi connectivity index (χ2v) is 23.5. The van der Waals surface area contributed by atoms with Gasteiger partial charge in [-0.05, 0) is 81.6 Å². The largest absolute Gasteiger partial charge is 0.417 e. The summed E-state index contributed by atoms with van der Waals surface area (Å²) in [6.07, 6.45) is -9.75. The molecule has 0 radical (unpaired) electrons. The van der Waals surface area contributed by atoms with Gasteiger partial charge < -0.3 is 9.13 Å². The summed E-state index contributed by atoms with van der Waals surface area (Å²) in [7, 11) is 0. The van der Waals surface area contributed by atoms with Crippen molar-refractivity contribution in [2.24, 2.45) is 0 Å². The summed E-state index contributed by atoms with van der Waals surface area (Å²) in [5.41, 5.74) is 1.29. The lowest BCUT2D eigenvalue weighted by atomic mass is 9.70. The van der Waals surface area contributed by atoms with Crippen LogP contribution in [0.1, 0.15) is 63.8 Å². The minimum atomic E-state index is -4.87. The van der Waals surface area contributed by atoms with Gasteiger partial charge in [0.25, 0.3) is 0 Å². The van der Waals surface area contributed by atoms with Gasteiger partial charge in [0.15, 0.2) is 0 Å². The van der Waals surface area contributed by atoms with Crippen LogP contribution in [0, 0.1) is 0 Å². The molecular formula is C64H46F6N2S2. The fraction of sp³-hybridized carbons (Fsp3) is 0.156. The van der Waals surface area contributed by atoms with E-state index in [0.29, 0.717) is 27.8 Å². The first-order chi connectivity index (χ1) is 35.3. The van der Waals surface area contributed by atoms with Gasteiger partial charge >= 0.3 is 12.4 Å². The van der Waals surface area contributed by atoms with Gasteiger partial charge in [-0.15, -0.1) is 22.7 Å². The minimum absolute atomic E-state index is 0.132. The van der Waals surface area contributed by atoms with Crippen LogP contribution in [0.3, 0.4) is 0 Å². The molecule has 0 bridgehead atoms. The number of alkyl halides is 6. The van der Waals surface area contributed by atoms with Gasteiger partial charge in [0.1, 0.15) is 0 Å². The summed E-state index contributed by atoms with van der Waals surface area (Å²) < 4.78 is 106. The summed E-state index contributed by atoms with van der Waals surface area (Å²) >= 11 is 3.27. The Morgan fingerprint density at radius 3 is 1.09 bits per heavy atom. The molecule has 0 atom stereocenters. The van der Waals surface area contributed by atoms with Gasteiger partial charge in [-0.3, -0.25) is 0 Å². The van der Waals surface area contributed by atoms with Crippen molar-refractivity contribution >= 4 is 107 Å². The van der Waals surface area contributed by atoms with E-state index in [2.05, 4.69) is 59.2 Å². The molecule has 0 saturated carbocycles. The SMILES string of the molecule is CC(C)(C)c1c(-c2ccccc2C(F)(F)F)c(-n2c3ccccc3c3ccc4sc5ccccc5c4c32)c(-c2ccccc2C(F)(F)F)c(C(C)(C)C)c1-n1c2ccccc2c2ccc3sc4ccccc4c3c21. The zero-order valence-corrected chi connectivity index (χ0v) is 42.8. The minimum Gasteiger partial charge on any atom is -0.308 e. The fourth-order valence-corrected chi connectivity index (χ4v) is 14.3. The van der Waals surface area contributed by atoms with Gasteiger partial charge in [0, 0.05) is 73.0 Å². The Bertz CT molecular complexity index is 4390. The molecule has 2 nitrogen and oxygen atoms in total. The molecule has 366 valence electrons. The Balaban J connectivity index is 1.43. The van der Waals surface area contributed by atoms with Crippen molar-refractivity contribution < 1.29 is 26.3 Å². The predicted octanol–water partition coefficient (Wildman–Crippen LogP) is 20.6. The summed E-state index contributed by atoms with van der Waals surface area (Å²) in [4.78, 5) is 0. The van der Waals surface area contributed by atoms with Crippen LogP contribution in [-0.4, -0.2) is 9.13 Å². The van der Waals surface area contributed by atoms with Crippen LogP contribution in [0.2, 0.25) is 0 Å². The lowest BCUT2D eigenvalue weighted by molar-refractivity contribution is -0.137. The van der Waals surface area contributed by atoms with Crippen LogP contribution in [0.15, 0.2) is 170 Å². The molecule has 74 heavy (non-hydrogen) atoms. The maximum absolute atomic E-state index is 16.3. The lowest BCUT2D eigenvalue weighted by Gasteiger charge is -2.39. The van der Waals surface area contributed by atoms with Crippen molar-refractivity contribution in [3.05, 3.63) is 192 Å². The standard InChI is InChI=1S/C64H46F6N2S2/c1-61(2,3)55-53(39-21-7-13-25-43(39)63(65,66)67)59(71-45-27-15-9-19-35(45)37-31-33-49-51(57(37)71)41-23-11-17-29-47(41)73-49)54(40-22-8-14-26-44(40)64(68,69)70)56(62(4,5)6)60(55)72-46-28-16-10-20-36(46)38-32-34-50-52(58(38)72)42-24-12-18-30-48(42)74-50/h7-34H,1-6H3. The molecule has 9 aromatic carbocycles. The number of aromatic nitrogens is 2. The Hall–Kier alpha value is -7.40. The summed E-state index contributed by atoms with van der Waals surface area (Å²) in [6.45, 7) is 12.1. The van der Waals surface area contributed by atoms with Crippen LogP contribution in [-0.2, 0) is 23.2 Å². The average molecular weight is 1020 g/mol. The van der Waals surface area contributed by atoms with E-state index in [1.54, 1.807) is 34.8 Å². The smallest absolute Gasteiger partial charge is 0.308 e. The predicted molar refractivity (Wildman–Crippen MR) is 299 cm³/mol. The zero-order chi connectivity index (χ0) is 51.4. The monoisotopic (exact) mass is 1020 g/mol. The second-order valence-electron chi connectivity index (χ2n) is 21.4. The Labute approximate surface area is 430 Å². The van der Waals surface area contributed by atoms with E-state index >= 15 is 26.3 Å². The Kier molecular flexibility index (Phi) is 10.1. The van der Waals surface area contributed by atoms with E-state index in [-0.39, 0.29) is 27.9 Å². The number of para-hydroxylation sites is 2. The van der Waals surface area contributed by atoms with Crippen LogP contribution < -0.4 is 0 Å². The molecule has 10 heteroatoms. The number of fused-ring (bicyclic) bond motifs is 14. The Morgan fingerprint density at radius 2 is 0.689 bits per heavy atom. The molecule has 13 rings (SSSR count). The van der Waals surface area contributed by atoms with Crippen molar-refractivity contribution in [3.63, 3.8) is 0 Å². The first-order valence-corrected chi connectivity index (χ1v) is 26.2. The molecule has 0 N–H and O–H groups in total. The third-order valence-electron chi connectivity index (χ3n) is 14.7. The van der Waals surface area contributed by atoms with Crippen molar-refractivity contribution in [3.8, 4) is 33.6 Å². The van der Waals surface area contributed by atoms with Crippen molar-refractivity contribution in [1.82, 2.24) is 9.13 Å². The molecule has 0 aliphatic heterocycles. The van der Waals surface area contributed by atoms with Crippen LogP contribution in [0.4, 0.5) is 26.3 Å². The van der Waals surface area contributed by atoms with Gasteiger partial charge in [0.05, 0.1) is 44.6 Å². The van der Waals surface area contributed by atoms with E-state index < -0.39 is 34.3 Å². The second kappa shape index (κ2) is 16.1. The molecule has 0 spiro atoms. The van der Waals surface area contributed by atoms with E-state index in [1.807, 2.05) is 113 Å². The highest BCUT2D eigenvalue weighted by Gasteiger charge is 2.44. The molecule has 0 fully saturated rings. The number of rotatable bonds is 4. The van der Waals surface area contributed by atoms with Crippen LogP contribution >= 0.6 is 22.7 Å². The maximum atomic E-state index is 16.3. The molecule has 0 amide bonds. The molecule has 13 aromatic rings. The highest BCUT2D eigenvalue weighted by Crippen LogP contribution is 2.58. The Morgan fingerprint density at radius 1 is 0.338 bits per heavy atom. The fourth-order valence-electron chi connectivity index (χ4n) is 12.0. The zero-order valence-electron chi connectivity index (χ0n) is 41.1. The normalized spacial score (nSPS) is 13.1. The van der Waals surface area contributed by atoms with E-state index in [1.165, 1.54) is 24.3 Å². The molecule has 0 aliphatic carbocycles. The maximum Gasteiger partial charge on any atom is 0.417 e. The number of thiophene rings is 2. The first-order valence-electron chi connectivity index (χ1n) is 24.6. The van der Waals surface area contributed by atoms with Gasteiger partial charge in [-0.1, -0.05) is 163 Å². The molecule has 4 heterocycles. The van der Waals surface area contributed by atoms with Crippen molar-refractivity contribution in [1.29, 1.82) is 0 Å². The number of benzene rings is 9. The molecule has 0 saturated heterocycles. The number of hydrogen-bond acceptors (Lipinski definition) is 2. The summed E-state index contributed by atoms with van der Waals surface area (Å²) in [5.74, 6) is 0. The van der Waals surface area contributed by atoms with Crippen LogP contribution in [0.25, 0.3) is 118 Å². The van der Waals surface area contributed by atoms with E-state index in [4.69, 9.17) is 0 Å². The summed E-state index contributed by atoms with van der Waals surface area (Å²) in [6, 6.07) is 51.7. The highest BCUT2D eigenvalue weighted by molar-refractivity contribution is 7.26. The lowest BCUT2D eigenvalue weighted by Crippen LogP contribution is -2.27. The van der Waals surface area contributed by atoms with Crippen molar-refractivity contribution in [2.45, 2.75) is 64.7 Å². The molecule has 4 aromatic heterocycles. The quantitative estimate of drug-likeness (QED) is 0.156. The number of hydrogen-bond donors (Lipinski definition) is 0. The van der Waals surface area contributed by atoms with E-state index in [0.717, 1.165) is 85.1 Å². The summed E-state index contributed by atoms with van der Waals surface area (Å²) in [5, 5.41) is 7.26. The third kappa shape index (κ3) is 6.76. The van der Waals surface area contributed by atoms with Gasteiger partial charge in [0.2, 0.25) is 0 Å². The topological polar surface area (TPSA) is 9.86 Å². The van der Waals surface area contributed by atoms with Crippen molar-refractivity contribution in [2.75, 3.05) is 0 Å². The highest BCUT2D eigenvalue weighted by atomic mass is 32.1. The average Bonchev–Trinajstić information content (AvgIpc) is 4.12. The van der Waals surface area contributed by atoms with E-state index in [9.17, 15) is 0 Å². The molecular weight excluding hydrogens is 975 g/mol. The first kappa shape index (κ1) is 46.4. The molecule has 0 aliphatic rings. The number of halogens is 6. The van der Waals surface area contributed by atoms with Gasteiger partial charge in [-0.2, -0.15) is 26.3 Å². The number of nitrogens with zero attached hydrogens (tertiary/aromatic N) is 2. The van der Waals surface area contributed by atoms with Crippen LogP contribution in [0.5, 0.6) is 0 Å². The molecule has 0 unspecified atom stereocenters. The van der Waals surface area contributed by atoms with Gasteiger partial charge in [-0.25, -0.2) is 0 Å². The third-order valence-corrected chi connectivity index (χ3v) is 17.0.